The maximum absolute atomic E-state index is 13.0. The molecule has 0 saturated heterocycles. The van der Waals surface area contributed by atoms with Gasteiger partial charge in [0.1, 0.15) is 5.70 Å². The van der Waals surface area contributed by atoms with Crippen LogP contribution >= 0.6 is 22.7 Å². The summed E-state index contributed by atoms with van der Waals surface area (Å²) in [6.45, 7) is 0. The fourth-order valence-electron chi connectivity index (χ4n) is 2.74. The topological polar surface area (TPSA) is 130 Å². The number of carbonyl (C=O) groups excluding carboxylic acids is 2. The Bertz CT molecular complexity index is 1400. The number of thiophene rings is 1. The number of thiazole rings is 1. The highest BCUT2D eigenvalue weighted by Crippen LogP contribution is 2.20. The molecular weight excluding hydrogens is 494 g/mol. The molecule has 0 aliphatic carbocycles. The molecule has 0 saturated carbocycles. The number of aromatic nitrogens is 2. The smallest absolute Gasteiger partial charge is 0.272 e. The largest absolute Gasteiger partial charge is 0.321 e. The summed E-state index contributed by atoms with van der Waals surface area (Å²) in [4.78, 5) is 33.9. The van der Waals surface area contributed by atoms with Gasteiger partial charge in [0.15, 0.2) is 5.13 Å². The SMILES string of the molecule is O=C(Nc1ccc(S(=O)(=O)Nc2nccs2)cc1)C(=Cc1cccnc1)NC(=O)c1cccs1. The van der Waals surface area contributed by atoms with Crippen molar-refractivity contribution in [2.75, 3.05) is 10.0 Å². The highest BCUT2D eigenvalue weighted by molar-refractivity contribution is 7.93. The van der Waals surface area contributed by atoms with Crippen molar-refractivity contribution in [3.63, 3.8) is 0 Å². The van der Waals surface area contributed by atoms with E-state index >= 15 is 0 Å². The van der Waals surface area contributed by atoms with Gasteiger partial charge in [0.05, 0.1) is 9.77 Å². The minimum absolute atomic E-state index is 0.00790. The van der Waals surface area contributed by atoms with Crippen molar-refractivity contribution in [3.8, 4) is 0 Å². The number of rotatable bonds is 8. The summed E-state index contributed by atoms with van der Waals surface area (Å²) in [6, 6.07) is 12.5. The summed E-state index contributed by atoms with van der Waals surface area (Å²) >= 11 is 2.41. The number of anilines is 2. The van der Waals surface area contributed by atoms with Crippen LogP contribution in [0.5, 0.6) is 0 Å². The Morgan fingerprint density at radius 3 is 2.41 bits per heavy atom. The monoisotopic (exact) mass is 511 g/mol. The van der Waals surface area contributed by atoms with Crippen LogP contribution in [0, 0.1) is 0 Å². The van der Waals surface area contributed by atoms with Gasteiger partial charge >= 0.3 is 0 Å². The van der Waals surface area contributed by atoms with E-state index in [2.05, 4.69) is 25.3 Å². The number of carbonyl (C=O) groups is 2. The zero-order valence-electron chi connectivity index (χ0n) is 17.3. The van der Waals surface area contributed by atoms with Crippen molar-refractivity contribution in [1.82, 2.24) is 15.3 Å². The summed E-state index contributed by atoms with van der Waals surface area (Å²) in [6.07, 6.45) is 6.15. The van der Waals surface area contributed by atoms with Gasteiger partial charge in [-0.1, -0.05) is 12.1 Å². The van der Waals surface area contributed by atoms with Crippen LogP contribution in [0.25, 0.3) is 6.08 Å². The third-order valence-corrected chi connectivity index (χ3v) is 7.35. The molecule has 9 nitrogen and oxygen atoms in total. The van der Waals surface area contributed by atoms with Crippen molar-refractivity contribution in [3.05, 3.63) is 94.0 Å². The molecule has 172 valence electrons. The van der Waals surface area contributed by atoms with Crippen molar-refractivity contribution >= 4 is 61.4 Å². The molecule has 0 atom stereocenters. The second-order valence-electron chi connectivity index (χ2n) is 6.70. The minimum atomic E-state index is -3.82. The minimum Gasteiger partial charge on any atom is -0.321 e. The summed E-state index contributed by atoms with van der Waals surface area (Å²) in [5.74, 6) is -1.000. The van der Waals surface area contributed by atoms with Crippen LogP contribution in [-0.2, 0) is 14.8 Å². The lowest BCUT2D eigenvalue weighted by molar-refractivity contribution is -0.113. The second-order valence-corrected chi connectivity index (χ2v) is 10.2. The summed E-state index contributed by atoms with van der Waals surface area (Å²) < 4.78 is 27.4. The predicted octanol–water partition coefficient (Wildman–Crippen LogP) is 3.81. The maximum atomic E-state index is 13.0. The van der Waals surface area contributed by atoms with E-state index in [-0.39, 0.29) is 15.7 Å². The molecule has 2 amide bonds. The molecule has 0 aliphatic heterocycles. The van der Waals surface area contributed by atoms with Gasteiger partial charge in [-0.15, -0.1) is 22.7 Å². The van der Waals surface area contributed by atoms with E-state index in [9.17, 15) is 18.0 Å². The van der Waals surface area contributed by atoms with Crippen LogP contribution in [0.3, 0.4) is 0 Å². The molecular formula is C22H17N5O4S3. The Labute approximate surface area is 203 Å². The number of nitrogens with zero attached hydrogens (tertiary/aromatic N) is 2. The maximum Gasteiger partial charge on any atom is 0.272 e. The van der Waals surface area contributed by atoms with Gasteiger partial charge in [0.25, 0.3) is 21.8 Å². The Kier molecular flexibility index (Phi) is 7.11. The van der Waals surface area contributed by atoms with E-state index in [4.69, 9.17) is 0 Å². The Hall–Kier alpha value is -3.87. The molecule has 3 aromatic heterocycles. The van der Waals surface area contributed by atoms with E-state index in [0.717, 1.165) is 11.3 Å². The van der Waals surface area contributed by atoms with Crippen molar-refractivity contribution < 1.29 is 18.0 Å². The Balaban J connectivity index is 1.51. The highest BCUT2D eigenvalue weighted by Gasteiger charge is 2.18. The van der Waals surface area contributed by atoms with E-state index < -0.39 is 21.8 Å². The summed E-state index contributed by atoms with van der Waals surface area (Å²) in [5.41, 5.74) is 0.975. The molecule has 0 radical (unpaired) electrons. The summed E-state index contributed by atoms with van der Waals surface area (Å²) in [5, 5.41) is 8.98. The Morgan fingerprint density at radius 2 is 1.76 bits per heavy atom. The number of hydrogen-bond donors (Lipinski definition) is 3. The lowest BCUT2D eigenvalue weighted by atomic mass is 10.2. The Morgan fingerprint density at radius 1 is 0.941 bits per heavy atom. The zero-order chi connectivity index (χ0) is 24.0. The molecule has 0 fully saturated rings. The first-order chi connectivity index (χ1) is 16.4. The quantitative estimate of drug-likeness (QED) is 0.309. The van der Waals surface area contributed by atoms with Gasteiger partial charge in [0, 0.05) is 29.7 Å². The standard InChI is InChI=1S/C22H17N5O4S3/c28-20(18(13-15-3-1-9-23-14-15)26-21(29)19-4-2-11-32-19)25-16-5-7-17(8-6-16)34(30,31)27-22-24-10-12-33-22/h1-14H,(H,24,27)(H,25,28)(H,26,29). The molecule has 3 heterocycles. The lowest BCUT2D eigenvalue weighted by Gasteiger charge is -2.11. The van der Waals surface area contributed by atoms with E-state index in [0.29, 0.717) is 16.1 Å². The van der Waals surface area contributed by atoms with Crippen LogP contribution in [0.1, 0.15) is 15.2 Å². The van der Waals surface area contributed by atoms with Crippen LogP contribution in [0.15, 0.2) is 88.5 Å². The van der Waals surface area contributed by atoms with Gasteiger partial charge in [-0.05, 0) is 53.4 Å². The molecule has 1 aromatic carbocycles. The van der Waals surface area contributed by atoms with Crippen molar-refractivity contribution in [2.24, 2.45) is 0 Å². The van der Waals surface area contributed by atoms with Gasteiger partial charge < -0.3 is 10.6 Å². The average molecular weight is 512 g/mol. The number of sulfonamides is 1. The molecule has 34 heavy (non-hydrogen) atoms. The normalized spacial score (nSPS) is 11.6. The molecule has 0 unspecified atom stereocenters. The fourth-order valence-corrected chi connectivity index (χ4v) is 5.15. The first-order valence-electron chi connectivity index (χ1n) is 9.71. The van der Waals surface area contributed by atoms with E-state index in [1.807, 2.05) is 0 Å². The average Bonchev–Trinajstić information content (AvgIpc) is 3.54. The van der Waals surface area contributed by atoms with Crippen molar-refractivity contribution in [1.29, 1.82) is 0 Å². The van der Waals surface area contributed by atoms with E-state index in [1.54, 1.807) is 47.4 Å². The molecule has 4 aromatic rings. The number of nitrogens with one attached hydrogen (secondary N) is 3. The third kappa shape index (κ3) is 5.92. The number of benzene rings is 1. The molecule has 3 N–H and O–H groups in total. The van der Waals surface area contributed by atoms with Crippen LogP contribution in [-0.4, -0.2) is 30.2 Å². The zero-order valence-corrected chi connectivity index (χ0v) is 19.8. The number of pyridine rings is 1. The van der Waals surface area contributed by atoms with Crippen LogP contribution < -0.4 is 15.4 Å². The van der Waals surface area contributed by atoms with E-state index in [1.165, 1.54) is 47.9 Å². The van der Waals surface area contributed by atoms with Crippen LogP contribution in [0.4, 0.5) is 10.8 Å². The molecule has 12 heteroatoms. The first-order valence-corrected chi connectivity index (χ1v) is 13.0. The highest BCUT2D eigenvalue weighted by atomic mass is 32.2. The number of amides is 2. The first kappa shape index (κ1) is 23.3. The predicted molar refractivity (Wildman–Crippen MR) is 132 cm³/mol. The van der Waals surface area contributed by atoms with Crippen molar-refractivity contribution in [2.45, 2.75) is 4.90 Å². The van der Waals surface area contributed by atoms with Gasteiger partial charge in [-0.2, -0.15) is 0 Å². The molecule has 4 rings (SSSR count). The number of hydrogen-bond acceptors (Lipinski definition) is 8. The van der Waals surface area contributed by atoms with Gasteiger partial charge in [0.2, 0.25) is 0 Å². The second kappa shape index (κ2) is 10.4. The van der Waals surface area contributed by atoms with Crippen LogP contribution in [0.2, 0.25) is 0 Å². The van der Waals surface area contributed by atoms with Gasteiger partial charge in [-0.3, -0.25) is 19.3 Å². The molecule has 0 bridgehead atoms. The third-order valence-electron chi connectivity index (χ3n) is 4.31. The molecule has 0 spiro atoms. The van der Waals surface area contributed by atoms with Gasteiger partial charge in [-0.25, -0.2) is 13.4 Å². The molecule has 0 aliphatic rings. The summed E-state index contributed by atoms with van der Waals surface area (Å²) in [7, 11) is -3.82. The fraction of sp³-hybridized carbons (Fsp3) is 0. The lowest BCUT2D eigenvalue weighted by Crippen LogP contribution is -2.30.